The second-order valence-electron chi connectivity index (χ2n) is 4.14. The minimum absolute atomic E-state index is 1.17. The van der Waals surface area contributed by atoms with Crippen LogP contribution in [0.4, 0.5) is 0 Å². The van der Waals surface area contributed by atoms with Crippen LogP contribution in [0.1, 0.15) is 45.4 Å². The zero-order valence-corrected chi connectivity index (χ0v) is 6.97. The van der Waals surface area contributed by atoms with Gasteiger partial charge in [0.05, 0.1) is 0 Å². The maximum atomic E-state index is 2.33. The first-order valence-corrected chi connectivity index (χ1v) is 4.92. The molecule has 0 saturated heterocycles. The highest BCUT2D eigenvalue weighted by atomic mass is 14.5. The third-order valence-electron chi connectivity index (χ3n) is 3.59. The zero-order chi connectivity index (χ0) is 6.97. The largest absolute Gasteiger partial charge is 0.0654 e. The minimum Gasteiger partial charge on any atom is -0.0654 e. The van der Waals surface area contributed by atoms with Crippen molar-refractivity contribution in [3.8, 4) is 0 Å². The summed E-state index contributed by atoms with van der Waals surface area (Å²) in [6, 6.07) is 0. The maximum absolute atomic E-state index is 2.33. The predicted octanol–water partition coefficient (Wildman–Crippen LogP) is 3.22. The lowest BCUT2D eigenvalue weighted by Crippen LogP contribution is -2.40. The van der Waals surface area contributed by atoms with E-state index in [0.717, 1.165) is 0 Å². The molecule has 10 heavy (non-hydrogen) atoms. The van der Waals surface area contributed by atoms with Gasteiger partial charge in [-0.2, -0.15) is 0 Å². The second kappa shape index (κ2) is 2.56. The van der Waals surface area contributed by atoms with E-state index in [9.17, 15) is 0 Å². The summed E-state index contributed by atoms with van der Waals surface area (Å²) >= 11 is 0. The third kappa shape index (κ3) is 0.889. The molecule has 0 aromatic rings. The Kier molecular flexibility index (Phi) is 1.71. The lowest BCUT2D eigenvalue weighted by Gasteiger charge is -2.49. The summed E-state index contributed by atoms with van der Waals surface area (Å²) in [5.74, 6) is 3.50. The van der Waals surface area contributed by atoms with Crippen LogP contribution in [0.15, 0.2) is 0 Å². The van der Waals surface area contributed by atoms with Crippen LogP contribution < -0.4 is 0 Å². The molecular formula is C10H18. The van der Waals surface area contributed by atoms with Gasteiger partial charge in [0.1, 0.15) is 0 Å². The molecule has 0 radical (unpaired) electrons. The van der Waals surface area contributed by atoms with Crippen LogP contribution in [-0.4, -0.2) is 0 Å². The predicted molar refractivity (Wildman–Crippen MR) is 43.8 cm³/mol. The van der Waals surface area contributed by atoms with Gasteiger partial charge in [-0.05, 0) is 24.2 Å². The van der Waals surface area contributed by atoms with Crippen molar-refractivity contribution in [1.29, 1.82) is 0 Å². The molecule has 0 heteroatoms. The Balaban J connectivity index is 1.87. The topological polar surface area (TPSA) is 0 Å². The van der Waals surface area contributed by atoms with Crippen LogP contribution in [-0.2, 0) is 0 Å². The molecule has 3 atom stereocenters. The monoisotopic (exact) mass is 138 g/mol. The zero-order valence-electron chi connectivity index (χ0n) is 6.97. The fourth-order valence-corrected chi connectivity index (χ4v) is 3.04. The van der Waals surface area contributed by atoms with Gasteiger partial charge in [-0.25, -0.2) is 0 Å². The first-order chi connectivity index (χ1) is 4.92. The normalized spacial score (nSPS) is 44.7. The van der Waals surface area contributed by atoms with Gasteiger partial charge < -0.3 is 0 Å². The van der Waals surface area contributed by atoms with Gasteiger partial charge in [0.2, 0.25) is 0 Å². The summed E-state index contributed by atoms with van der Waals surface area (Å²) < 4.78 is 0. The van der Waals surface area contributed by atoms with Crippen molar-refractivity contribution in [1.82, 2.24) is 0 Å². The van der Waals surface area contributed by atoms with Crippen LogP contribution in [0.25, 0.3) is 0 Å². The van der Waals surface area contributed by atoms with Crippen LogP contribution >= 0.6 is 0 Å². The van der Waals surface area contributed by atoms with Gasteiger partial charge in [0.15, 0.2) is 0 Å². The van der Waals surface area contributed by atoms with Crippen molar-refractivity contribution in [2.24, 2.45) is 17.8 Å². The molecule has 0 heterocycles. The van der Waals surface area contributed by atoms with E-state index in [1.165, 1.54) is 37.0 Å². The van der Waals surface area contributed by atoms with Crippen molar-refractivity contribution in [2.75, 3.05) is 0 Å². The van der Waals surface area contributed by atoms with E-state index < -0.39 is 0 Å². The highest BCUT2D eigenvalue weighted by molar-refractivity contribution is 4.92. The molecule has 2 bridgehead atoms. The van der Waals surface area contributed by atoms with Crippen molar-refractivity contribution in [2.45, 2.75) is 45.4 Å². The van der Waals surface area contributed by atoms with Crippen LogP contribution in [0.3, 0.4) is 0 Å². The molecule has 3 saturated carbocycles. The Morgan fingerprint density at radius 2 is 1.90 bits per heavy atom. The molecular weight excluding hydrogens is 120 g/mol. The molecule has 3 rings (SSSR count). The first kappa shape index (κ1) is 6.69. The molecule has 0 nitrogen and oxygen atoms in total. The van der Waals surface area contributed by atoms with Gasteiger partial charge in [-0.15, -0.1) is 0 Å². The van der Waals surface area contributed by atoms with Crippen molar-refractivity contribution < 1.29 is 0 Å². The van der Waals surface area contributed by atoms with E-state index in [4.69, 9.17) is 0 Å². The Morgan fingerprint density at radius 3 is 2.40 bits per heavy atom. The van der Waals surface area contributed by atoms with E-state index in [1.54, 1.807) is 19.3 Å². The highest BCUT2D eigenvalue weighted by Crippen LogP contribution is 2.52. The molecule has 2 unspecified atom stereocenters. The molecule has 0 aromatic carbocycles. The number of hydrogen-bond donors (Lipinski definition) is 0. The van der Waals surface area contributed by atoms with Gasteiger partial charge in [-0.3, -0.25) is 0 Å². The quantitative estimate of drug-likeness (QED) is 0.549. The summed E-state index contributed by atoms with van der Waals surface area (Å²) in [5, 5.41) is 0. The summed E-state index contributed by atoms with van der Waals surface area (Å²) in [6.45, 7) is 2.33. The maximum Gasteiger partial charge on any atom is -0.0357 e. The number of rotatable bonds is 2. The standard InChI is InChI=1S/C10H18/c1-2-4-10-8-5-3-6-9(10)7-8/h8-10H,2-7H2,1H3/t8-,9?,10?/m0/s1. The van der Waals surface area contributed by atoms with Crippen molar-refractivity contribution in [3.05, 3.63) is 0 Å². The molecule has 3 aliphatic carbocycles. The van der Waals surface area contributed by atoms with E-state index in [2.05, 4.69) is 6.92 Å². The fraction of sp³-hybridized carbons (Fsp3) is 1.00. The van der Waals surface area contributed by atoms with Crippen LogP contribution in [0.5, 0.6) is 0 Å². The average molecular weight is 138 g/mol. The van der Waals surface area contributed by atoms with Gasteiger partial charge in [-0.1, -0.05) is 39.0 Å². The summed E-state index contributed by atoms with van der Waals surface area (Å²) in [4.78, 5) is 0. The van der Waals surface area contributed by atoms with E-state index >= 15 is 0 Å². The number of hydrogen-bond acceptors (Lipinski definition) is 0. The van der Waals surface area contributed by atoms with Gasteiger partial charge in [0, 0.05) is 0 Å². The van der Waals surface area contributed by atoms with E-state index in [-0.39, 0.29) is 0 Å². The molecule has 0 N–H and O–H groups in total. The SMILES string of the molecule is CCCC1C2CCC[C@H]1C2. The average Bonchev–Trinajstić information content (AvgIpc) is 2.01. The molecule has 0 aliphatic heterocycles. The third-order valence-corrected chi connectivity index (χ3v) is 3.59. The van der Waals surface area contributed by atoms with Crippen molar-refractivity contribution in [3.63, 3.8) is 0 Å². The summed E-state index contributed by atoms with van der Waals surface area (Å²) in [5.41, 5.74) is 0. The molecule has 0 spiro atoms. The summed E-state index contributed by atoms with van der Waals surface area (Å²) in [7, 11) is 0. The lowest BCUT2D eigenvalue weighted by molar-refractivity contribution is 0.00795. The van der Waals surface area contributed by atoms with Crippen LogP contribution in [0, 0.1) is 17.8 Å². The molecule has 3 fully saturated rings. The number of fused-ring (bicyclic) bond motifs is 2. The second-order valence-corrected chi connectivity index (χ2v) is 4.14. The smallest absolute Gasteiger partial charge is 0.0357 e. The Morgan fingerprint density at radius 1 is 1.20 bits per heavy atom. The first-order valence-electron chi connectivity index (χ1n) is 4.92. The Hall–Kier alpha value is 0. The highest BCUT2D eigenvalue weighted by Gasteiger charge is 2.42. The Bertz CT molecular complexity index is 103. The van der Waals surface area contributed by atoms with Gasteiger partial charge >= 0.3 is 0 Å². The molecule has 0 aromatic heterocycles. The Labute approximate surface area is 64.0 Å². The summed E-state index contributed by atoms with van der Waals surface area (Å²) in [6.07, 6.45) is 9.18. The molecule has 0 amide bonds. The van der Waals surface area contributed by atoms with E-state index in [1.807, 2.05) is 0 Å². The lowest BCUT2D eigenvalue weighted by atomic mass is 9.56. The molecule has 58 valence electrons. The fourth-order valence-electron chi connectivity index (χ4n) is 3.04. The van der Waals surface area contributed by atoms with Crippen LogP contribution in [0.2, 0.25) is 0 Å². The van der Waals surface area contributed by atoms with Crippen molar-refractivity contribution >= 4 is 0 Å². The van der Waals surface area contributed by atoms with Gasteiger partial charge in [0.25, 0.3) is 0 Å². The van der Waals surface area contributed by atoms with E-state index in [0.29, 0.717) is 0 Å². The minimum atomic E-state index is 1.17. The molecule has 3 aliphatic rings.